The molecule has 2 aliphatic rings. The molecule has 0 saturated carbocycles. The fraction of sp³-hybridized carbons (Fsp3) is 0.417. The van der Waals surface area contributed by atoms with E-state index in [4.69, 9.17) is 14.2 Å². The number of pyridine rings is 1. The minimum absolute atomic E-state index is 0.581. The number of morpholine rings is 2. The van der Waals surface area contributed by atoms with Crippen molar-refractivity contribution in [2.45, 2.75) is 0 Å². The average Bonchev–Trinajstić information content (AvgIpc) is 3.28. The van der Waals surface area contributed by atoms with Crippen LogP contribution in [-0.2, 0) is 9.47 Å². The zero-order valence-electron chi connectivity index (χ0n) is 18.7. The summed E-state index contributed by atoms with van der Waals surface area (Å²) in [7, 11) is 0. The Morgan fingerprint density at radius 3 is 2.70 bits per heavy atom. The molecule has 0 radical (unpaired) electrons. The fourth-order valence-corrected chi connectivity index (χ4v) is 4.10. The van der Waals surface area contributed by atoms with Crippen LogP contribution in [-0.4, -0.2) is 86.8 Å². The van der Waals surface area contributed by atoms with Gasteiger partial charge in [-0.15, -0.1) is 0 Å². The van der Waals surface area contributed by atoms with Crippen molar-refractivity contribution >= 4 is 28.6 Å². The smallest absolute Gasteiger partial charge is 0.217 e. The molecule has 9 nitrogen and oxygen atoms in total. The van der Waals surface area contributed by atoms with Gasteiger partial charge in [0.05, 0.1) is 32.6 Å². The lowest BCUT2D eigenvalue weighted by atomic mass is 10.2. The summed E-state index contributed by atoms with van der Waals surface area (Å²) < 4.78 is 17.0. The molecule has 2 saturated heterocycles. The molecule has 0 spiro atoms. The number of anilines is 2. The predicted octanol–water partition coefficient (Wildman–Crippen LogP) is 2.56. The van der Waals surface area contributed by atoms with E-state index in [-0.39, 0.29) is 0 Å². The quantitative estimate of drug-likeness (QED) is 0.403. The summed E-state index contributed by atoms with van der Waals surface area (Å²) in [5.41, 5.74) is 6.25. The van der Waals surface area contributed by atoms with Gasteiger partial charge >= 0.3 is 0 Å². The number of para-hydroxylation sites is 1. The summed E-state index contributed by atoms with van der Waals surface area (Å²) in [6.45, 7) is 8.02. The molecule has 0 aliphatic carbocycles. The summed E-state index contributed by atoms with van der Waals surface area (Å²) in [5.74, 6) is 1.24. The molecule has 174 valence electrons. The molecule has 0 bridgehead atoms. The second-order valence-corrected chi connectivity index (χ2v) is 8.11. The number of benzene rings is 1. The SMILES string of the molecule is C(=N\Nc1cc(N2CCOCC2)cc(OCCN2CCOCC2)n1)/c1c[nH]c2ccccc12. The van der Waals surface area contributed by atoms with E-state index in [2.05, 4.69) is 36.4 Å². The summed E-state index contributed by atoms with van der Waals surface area (Å²) in [6, 6.07) is 12.2. The third-order valence-corrected chi connectivity index (χ3v) is 5.93. The van der Waals surface area contributed by atoms with E-state index in [0.29, 0.717) is 18.3 Å². The number of H-pyrrole nitrogens is 1. The van der Waals surface area contributed by atoms with Crippen molar-refractivity contribution in [1.82, 2.24) is 14.9 Å². The fourth-order valence-electron chi connectivity index (χ4n) is 4.10. The number of aromatic nitrogens is 2. The van der Waals surface area contributed by atoms with Crippen LogP contribution in [0.15, 0.2) is 47.7 Å². The Labute approximate surface area is 193 Å². The van der Waals surface area contributed by atoms with Crippen molar-refractivity contribution in [1.29, 1.82) is 0 Å². The van der Waals surface area contributed by atoms with Crippen LogP contribution in [0.5, 0.6) is 5.88 Å². The molecular weight excluding hydrogens is 420 g/mol. The first-order valence-corrected chi connectivity index (χ1v) is 11.5. The molecule has 0 unspecified atom stereocenters. The third kappa shape index (κ3) is 5.62. The number of ether oxygens (including phenoxy) is 3. The van der Waals surface area contributed by atoms with Gasteiger partial charge in [-0.25, -0.2) is 0 Å². The monoisotopic (exact) mass is 450 g/mol. The second kappa shape index (κ2) is 10.7. The van der Waals surface area contributed by atoms with Gasteiger partial charge < -0.3 is 24.1 Å². The summed E-state index contributed by atoms with van der Waals surface area (Å²) >= 11 is 0. The second-order valence-electron chi connectivity index (χ2n) is 8.11. The number of hydrogen-bond acceptors (Lipinski definition) is 8. The molecule has 2 N–H and O–H groups in total. The lowest BCUT2D eigenvalue weighted by Crippen LogP contribution is -2.38. The number of hydrazone groups is 1. The number of nitrogens with zero attached hydrogens (tertiary/aromatic N) is 4. The first kappa shape index (κ1) is 21.7. The Hall–Kier alpha value is -3.14. The highest BCUT2D eigenvalue weighted by Gasteiger charge is 2.15. The molecule has 33 heavy (non-hydrogen) atoms. The van der Waals surface area contributed by atoms with Crippen molar-refractivity contribution in [3.8, 4) is 5.88 Å². The molecule has 1 aromatic carbocycles. The Bertz CT molecular complexity index is 1070. The van der Waals surface area contributed by atoms with E-state index in [9.17, 15) is 0 Å². The van der Waals surface area contributed by atoms with Gasteiger partial charge in [-0.2, -0.15) is 10.1 Å². The van der Waals surface area contributed by atoms with E-state index in [1.54, 1.807) is 6.21 Å². The van der Waals surface area contributed by atoms with Gasteiger partial charge in [-0.3, -0.25) is 10.3 Å². The summed E-state index contributed by atoms with van der Waals surface area (Å²) in [6.07, 6.45) is 3.76. The Balaban J connectivity index is 1.28. The van der Waals surface area contributed by atoms with Crippen LogP contribution >= 0.6 is 0 Å². The van der Waals surface area contributed by atoms with E-state index in [1.165, 1.54) is 0 Å². The average molecular weight is 451 g/mol. The highest BCUT2D eigenvalue weighted by atomic mass is 16.5. The molecule has 9 heteroatoms. The van der Waals surface area contributed by atoms with Crippen LogP contribution in [0.1, 0.15) is 5.56 Å². The lowest BCUT2D eigenvalue weighted by molar-refractivity contribution is 0.0320. The number of fused-ring (bicyclic) bond motifs is 1. The molecule has 0 amide bonds. The zero-order chi connectivity index (χ0) is 22.3. The molecule has 2 fully saturated rings. The van der Waals surface area contributed by atoms with Crippen molar-refractivity contribution < 1.29 is 14.2 Å². The highest BCUT2D eigenvalue weighted by molar-refractivity contribution is 5.99. The van der Waals surface area contributed by atoms with Crippen molar-refractivity contribution in [3.63, 3.8) is 0 Å². The van der Waals surface area contributed by atoms with Crippen LogP contribution in [0.2, 0.25) is 0 Å². The van der Waals surface area contributed by atoms with Crippen LogP contribution in [0.4, 0.5) is 11.5 Å². The van der Waals surface area contributed by atoms with E-state index >= 15 is 0 Å². The normalized spacial score (nSPS) is 17.6. The van der Waals surface area contributed by atoms with Gasteiger partial charge in [0.2, 0.25) is 5.88 Å². The summed E-state index contributed by atoms with van der Waals surface area (Å²) in [5, 5.41) is 5.57. The maximum absolute atomic E-state index is 6.04. The Morgan fingerprint density at radius 2 is 1.85 bits per heavy atom. The minimum Gasteiger partial charge on any atom is -0.476 e. The van der Waals surface area contributed by atoms with Gasteiger partial charge in [0.15, 0.2) is 5.82 Å². The van der Waals surface area contributed by atoms with E-state index in [1.807, 2.05) is 36.5 Å². The van der Waals surface area contributed by atoms with Crippen molar-refractivity contribution in [2.24, 2.45) is 5.10 Å². The van der Waals surface area contributed by atoms with Crippen LogP contribution in [0, 0.1) is 0 Å². The molecule has 5 rings (SSSR count). The van der Waals surface area contributed by atoms with Crippen molar-refractivity contribution in [2.75, 3.05) is 76.1 Å². The Morgan fingerprint density at radius 1 is 1.06 bits per heavy atom. The van der Waals surface area contributed by atoms with Crippen LogP contribution < -0.4 is 15.1 Å². The minimum atomic E-state index is 0.581. The number of rotatable bonds is 8. The first-order valence-electron chi connectivity index (χ1n) is 11.5. The molecule has 0 atom stereocenters. The maximum Gasteiger partial charge on any atom is 0.217 e. The molecule has 2 aliphatic heterocycles. The third-order valence-electron chi connectivity index (χ3n) is 5.93. The molecular formula is C24H30N6O3. The van der Waals surface area contributed by atoms with Crippen molar-refractivity contribution in [3.05, 3.63) is 48.2 Å². The first-order chi connectivity index (χ1) is 16.3. The number of aromatic amines is 1. The summed E-state index contributed by atoms with van der Waals surface area (Å²) in [4.78, 5) is 12.5. The maximum atomic E-state index is 6.04. The van der Waals surface area contributed by atoms with Gasteiger partial charge in [0, 0.05) is 73.2 Å². The van der Waals surface area contributed by atoms with E-state index in [0.717, 1.165) is 81.3 Å². The lowest BCUT2D eigenvalue weighted by Gasteiger charge is -2.29. The molecule has 2 aromatic heterocycles. The topological polar surface area (TPSA) is 87.2 Å². The highest BCUT2D eigenvalue weighted by Crippen LogP contribution is 2.25. The number of nitrogens with one attached hydrogen (secondary N) is 2. The number of hydrogen-bond donors (Lipinski definition) is 2. The predicted molar refractivity (Wildman–Crippen MR) is 130 cm³/mol. The van der Waals surface area contributed by atoms with Crippen LogP contribution in [0.25, 0.3) is 10.9 Å². The zero-order valence-corrected chi connectivity index (χ0v) is 18.7. The van der Waals surface area contributed by atoms with Gasteiger partial charge in [-0.1, -0.05) is 18.2 Å². The van der Waals surface area contributed by atoms with E-state index < -0.39 is 0 Å². The standard InChI is InChI=1S/C24H30N6O3/c1-2-4-22-21(3-1)19(17-25-22)18-26-28-23-15-20(30-8-12-32-13-9-30)16-24(27-23)33-14-7-29-5-10-31-11-6-29/h1-4,15-18,25H,5-14H2,(H,27,28)/b26-18+. The molecule has 3 aromatic rings. The van der Waals surface area contributed by atoms with Gasteiger partial charge in [-0.05, 0) is 6.07 Å². The van der Waals surface area contributed by atoms with Gasteiger partial charge in [0.25, 0.3) is 0 Å². The molecule has 4 heterocycles. The Kier molecular flexibility index (Phi) is 7.00. The van der Waals surface area contributed by atoms with Crippen LogP contribution in [0.3, 0.4) is 0 Å². The van der Waals surface area contributed by atoms with Gasteiger partial charge in [0.1, 0.15) is 6.61 Å². The largest absolute Gasteiger partial charge is 0.476 e.